The Morgan fingerprint density at radius 2 is 1.85 bits per heavy atom. The van der Waals surface area contributed by atoms with Gasteiger partial charge in [-0.3, -0.25) is 9.59 Å². The first-order valence-corrected chi connectivity index (χ1v) is 5.37. The highest BCUT2D eigenvalue weighted by Gasteiger charge is 2.34. The summed E-state index contributed by atoms with van der Waals surface area (Å²) in [5.74, 6) is -2.78. The van der Waals surface area contributed by atoms with E-state index >= 15 is 0 Å². The zero-order valence-corrected chi connectivity index (χ0v) is 10.1. The monoisotopic (exact) mass is 293 g/mol. The summed E-state index contributed by atoms with van der Waals surface area (Å²) in [5.41, 5.74) is 3.27. The van der Waals surface area contributed by atoms with Crippen molar-refractivity contribution >= 4 is 17.5 Å². The number of hydrogen-bond acceptors (Lipinski definition) is 3. The zero-order valence-electron chi connectivity index (χ0n) is 10.1. The molecule has 0 fully saturated rings. The third-order valence-electron chi connectivity index (χ3n) is 2.19. The molecule has 2 amide bonds. The summed E-state index contributed by atoms with van der Waals surface area (Å²) in [6, 6.07) is 2.04. The SMILES string of the molecule is NCC(=O)NCC(=O)Nc1ccc(F)c(C(F)(F)F)c1. The van der Waals surface area contributed by atoms with E-state index in [0.29, 0.717) is 12.1 Å². The van der Waals surface area contributed by atoms with Gasteiger partial charge in [0.2, 0.25) is 11.8 Å². The van der Waals surface area contributed by atoms with Crippen molar-refractivity contribution in [3.63, 3.8) is 0 Å². The number of benzene rings is 1. The molecule has 0 radical (unpaired) electrons. The first kappa shape index (κ1) is 15.9. The zero-order chi connectivity index (χ0) is 15.3. The average molecular weight is 293 g/mol. The highest BCUT2D eigenvalue weighted by atomic mass is 19.4. The number of alkyl halides is 3. The Morgan fingerprint density at radius 3 is 2.40 bits per heavy atom. The molecule has 1 aromatic rings. The second-order valence-corrected chi connectivity index (χ2v) is 3.72. The minimum atomic E-state index is -4.86. The maximum atomic E-state index is 13.0. The Bertz CT molecular complexity index is 517. The van der Waals surface area contributed by atoms with Crippen molar-refractivity contribution in [3.05, 3.63) is 29.6 Å². The van der Waals surface area contributed by atoms with Crippen LogP contribution in [0.4, 0.5) is 23.2 Å². The normalized spacial score (nSPS) is 11.1. The van der Waals surface area contributed by atoms with Gasteiger partial charge in [-0.25, -0.2) is 4.39 Å². The third kappa shape index (κ3) is 4.50. The lowest BCUT2D eigenvalue weighted by Gasteiger charge is -2.11. The van der Waals surface area contributed by atoms with Gasteiger partial charge < -0.3 is 16.4 Å². The van der Waals surface area contributed by atoms with E-state index in [0.717, 1.165) is 6.07 Å². The molecule has 110 valence electrons. The molecular weight excluding hydrogens is 282 g/mol. The number of nitrogens with two attached hydrogens (primary N) is 1. The molecule has 0 aliphatic rings. The molecule has 0 spiro atoms. The molecule has 0 saturated heterocycles. The number of amides is 2. The molecule has 1 rings (SSSR count). The van der Waals surface area contributed by atoms with Gasteiger partial charge in [0.05, 0.1) is 18.7 Å². The van der Waals surface area contributed by atoms with Crippen LogP contribution in [0.2, 0.25) is 0 Å². The van der Waals surface area contributed by atoms with Gasteiger partial charge in [0.15, 0.2) is 0 Å². The van der Waals surface area contributed by atoms with Gasteiger partial charge in [-0.05, 0) is 18.2 Å². The molecule has 0 atom stereocenters. The lowest BCUT2D eigenvalue weighted by molar-refractivity contribution is -0.140. The van der Waals surface area contributed by atoms with E-state index in [1.807, 2.05) is 0 Å². The first-order valence-electron chi connectivity index (χ1n) is 5.37. The standard InChI is InChI=1S/C11H11F4N3O2/c12-8-2-1-6(3-7(8)11(13,14)15)18-10(20)5-17-9(19)4-16/h1-3H,4-5,16H2,(H,17,19)(H,18,20). The number of anilines is 1. The molecule has 0 saturated carbocycles. The van der Waals surface area contributed by atoms with Crippen molar-refractivity contribution in [2.75, 3.05) is 18.4 Å². The van der Waals surface area contributed by atoms with E-state index in [2.05, 4.69) is 10.6 Å². The molecule has 0 unspecified atom stereocenters. The van der Waals surface area contributed by atoms with Gasteiger partial charge in [-0.2, -0.15) is 13.2 Å². The number of rotatable bonds is 4. The number of carbonyl (C=O) groups is 2. The first-order chi connectivity index (χ1) is 9.24. The molecule has 4 N–H and O–H groups in total. The van der Waals surface area contributed by atoms with Crippen LogP contribution in [0.1, 0.15) is 5.56 Å². The highest BCUT2D eigenvalue weighted by Crippen LogP contribution is 2.32. The van der Waals surface area contributed by atoms with Crippen LogP contribution in [0.15, 0.2) is 18.2 Å². The topological polar surface area (TPSA) is 84.2 Å². The number of halogens is 4. The van der Waals surface area contributed by atoms with Gasteiger partial charge in [0, 0.05) is 5.69 Å². The van der Waals surface area contributed by atoms with Crippen molar-refractivity contribution in [3.8, 4) is 0 Å². The predicted molar refractivity (Wildman–Crippen MR) is 62.1 cm³/mol. The van der Waals surface area contributed by atoms with Crippen molar-refractivity contribution in [2.45, 2.75) is 6.18 Å². The fraction of sp³-hybridized carbons (Fsp3) is 0.273. The molecule has 0 heterocycles. The Morgan fingerprint density at radius 1 is 1.20 bits per heavy atom. The molecule has 0 aliphatic carbocycles. The van der Waals surface area contributed by atoms with Crippen molar-refractivity contribution < 1.29 is 27.2 Å². The Labute approximate surface area is 111 Å². The number of nitrogens with one attached hydrogen (secondary N) is 2. The second kappa shape index (κ2) is 6.33. The molecule has 20 heavy (non-hydrogen) atoms. The van der Waals surface area contributed by atoms with Crippen molar-refractivity contribution in [1.82, 2.24) is 5.32 Å². The van der Waals surface area contributed by atoms with Gasteiger partial charge >= 0.3 is 6.18 Å². The van der Waals surface area contributed by atoms with Gasteiger partial charge in [-0.1, -0.05) is 0 Å². The van der Waals surface area contributed by atoms with Crippen molar-refractivity contribution in [2.24, 2.45) is 5.73 Å². The molecule has 0 aromatic heterocycles. The summed E-state index contributed by atoms with van der Waals surface area (Å²) in [6.07, 6.45) is -4.86. The van der Waals surface area contributed by atoms with Gasteiger partial charge in [0.1, 0.15) is 5.82 Å². The summed E-state index contributed by atoms with van der Waals surface area (Å²) < 4.78 is 50.3. The van der Waals surface area contributed by atoms with E-state index in [1.165, 1.54) is 0 Å². The van der Waals surface area contributed by atoms with E-state index in [1.54, 1.807) is 0 Å². The fourth-order valence-electron chi connectivity index (χ4n) is 1.28. The van der Waals surface area contributed by atoms with Gasteiger partial charge in [0.25, 0.3) is 0 Å². The summed E-state index contributed by atoms with van der Waals surface area (Å²) in [6.45, 7) is -0.767. The maximum absolute atomic E-state index is 13.0. The maximum Gasteiger partial charge on any atom is 0.419 e. The van der Waals surface area contributed by atoms with Crippen LogP contribution in [-0.2, 0) is 15.8 Å². The largest absolute Gasteiger partial charge is 0.419 e. The Balaban J connectivity index is 2.74. The smallest absolute Gasteiger partial charge is 0.346 e. The van der Waals surface area contributed by atoms with E-state index in [4.69, 9.17) is 5.73 Å². The van der Waals surface area contributed by atoms with E-state index in [9.17, 15) is 27.2 Å². The molecule has 1 aromatic carbocycles. The summed E-state index contributed by atoms with van der Waals surface area (Å²) in [4.78, 5) is 22.1. The number of carbonyl (C=O) groups excluding carboxylic acids is 2. The number of hydrogen-bond donors (Lipinski definition) is 3. The summed E-state index contributed by atoms with van der Waals surface area (Å²) in [7, 11) is 0. The van der Waals surface area contributed by atoms with Crippen molar-refractivity contribution in [1.29, 1.82) is 0 Å². The fourth-order valence-corrected chi connectivity index (χ4v) is 1.28. The second-order valence-electron chi connectivity index (χ2n) is 3.72. The van der Waals surface area contributed by atoms with E-state index in [-0.39, 0.29) is 12.2 Å². The van der Waals surface area contributed by atoms with E-state index < -0.39 is 35.9 Å². The summed E-state index contributed by atoms with van der Waals surface area (Å²) >= 11 is 0. The van der Waals surface area contributed by atoms with Crippen LogP contribution in [0, 0.1) is 5.82 Å². The Hall–Kier alpha value is -2.16. The molecule has 9 heteroatoms. The van der Waals surface area contributed by atoms with Gasteiger partial charge in [-0.15, -0.1) is 0 Å². The molecule has 0 aliphatic heterocycles. The lowest BCUT2D eigenvalue weighted by Crippen LogP contribution is -2.36. The van der Waals surface area contributed by atoms with Crippen LogP contribution < -0.4 is 16.4 Å². The minimum Gasteiger partial charge on any atom is -0.346 e. The Kier molecular flexibility index (Phi) is 5.03. The van der Waals surface area contributed by atoms with Crippen LogP contribution in [0.5, 0.6) is 0 Å². The molecule has 5 nitrogen and oxygen atoms in total. The molecule has 0 bridgehead atoms. The predicted octanol–water partition coefficient (Wildman–Crippen LogP) is 0.858. The van der Waals surface area contributed by atoms with Crippen LogP contribution in [0.25, 0.3) is 0 Å². The quantitative estimate of drug-likeness (QED) is 0.720. The van der Waals surface area contributed by atoms with Crippen LogP contribution in [-0.4, -0.2) is 24.9 Å². The third-order valence-corrected chi connectivity index (χ3v) is 2.19. The van der Waals surface area contributed by atoms with Crippen LogP contribution in [0.3, 0.4) is 0 Å². The lowest BCUT2D eigenvalue weighted by atomic mass is 10.2. The van der Waals surface area contributed by atoms with Crippen LogP contribution >= 0.6 is 0 Å². The minimum absolute atomic E-state index is 0.231. The molecular formula is C11H11F4N3O2. The average Bonchev–Trinajstić information content (AvgIpc) is 2.37. The summed E-state index contributed by atoms with van der Waals surface area (Å²) in [5, 5.41) is 4.24. The highest BCUT2D eigenvalue weighted by molar-refractivity contribution is 5.94.